The summed E-state index contributed by atoms with van der Waals surface area (Å²) in [6.45, 7) is 0. The maximum atomic E-state index is 5.98. The van der Waals surface area contributed by atoms with Crippen LogP contribution in [0.3, 0.4) is 0 Å². The second kappa shape index (κ2) is 20.4. The Labute approximate surface area is 358 Å². The smallest absolute Gasteiger partial charge is 0.196 e. The zero-order valence-electron chi connectivity index (χ0n) is 29.8. The fraction of sp³-hybridized carbons (Fsp3) is 0.116. The summed E-state index contributed by atoms with van der Waals surface area (Å²) in [4.78, 5) is 3.41. The highest BCUT2D eigenvalue weighted by Gasteiger charge is 2.27. The molecule has 7 aromatic rings. The van der Waals surface area contributed by atoms with Crippen molar-refractivity contribution in [2.75, 3.05) is 14.2 Å². The maximum absolute atomic E-state index is 5.98. The highest BCUT2D eigenvalue weighted by molar-refractivity contribution is 9.08. The van der Waals surface area contributed by atoms with Crippen LogP contribution in [-0.4, -0.2) is 29.0 Å². The summed E-state index contributed by atoms with van der Waals surface area (Å²) < 4.78 is 13.1. The number of thioether (sulfide) groups is 1. The second-order valence-corrected chi connectivity index (χ2v) is 16.6. The zero-order chi connectivity index (χ0) is 38.6. The van der Waals surface area contributed by atoms with Gasteiger partial charge in [0.2, 0.25) is 0 Å². The lowest BCUT2D eigenvalue weighted by atomic mass is 9.92. The van der Waals surface area contributed by atoms with Gasteiger partial charge in [0.1, 0.15) is 11.5 Å². The number of hydrogen-bond donors (Lipinski definition) is 1. The summed E-state index contributed by atoms with van der Waals surface area (Å²) in [6.07, 6.45) is 4.24. The molecule has 0 saturated carbocycles. The lowest BCUT2D eigenvalue weighted by Gasteiger charge is -2.19. The molecule has 0 radical (unpaired) electrons. The number of nitrogens with zero attached hydrogens (tertiary/aromatic N) is 3. The van der Waals surface area contributed by atoms with Crippen molar-refractivity contribution in [3.05, 3.63) is 181 Å². The van der Waals surface area contributed by atoms with E-state index in [-0.39, 0.29) is 5.92 Å². The van der Waals surface area contributed by atoms with Crippen LogP contribution in [0.4, 0.5) is 0 Å². The molecule has 280 valence electrons. The summed E-state index contributed by atoms with van der Waals surface area (Å²) in [6, 6.07) is 40.0. The molecule has 0 N–H and O–H groups in total. The minimum atomic E-state index is 0.179. The minimum Gasteiger partial charge on any atom is -0.496 e. The Balaban J connectivity index is 0.000000159. The molecule has 0 amide bonds. The molecular weight excluding hydrogens is 870 g/mol. The Kier molecular flexibility index (Phi) is 15.2. The molecule has 4 aromatic carbocycles. The van der Waals surface area contributed by atoms with Crippen molar-refractivity contribution in [3.8, 4) is 27.9 Å². The van der Waals surface area contributed by atoms with E-state index in [1.54, 1.807) is 48.7 Å². The van der Waals surface area contributed by atoms with E-state index in [9.17, 15) is 0 Å². The number of hydrogen-bond acceptors (Lipinski definition) is 8. The number of thiol groups is 1. The molecule has 1 unspecified atom stereocenters. The van der Waals surface area contributed by atoms with Gasteiger partial charge in [0.05, 0.1) is 24.8 Å². The summed E-state index contributed by atoms with van der Waals surface area (Å²) in [5.41, 5.74) is 5.82. The van der Waals surface area contributed by atoms with Crippen LogP contribution in [0, 0.1) is 0 Å². The number of thiophene rings is 2. The number of para-hydroxylation sites is 3. The van der Waals surface area contributed by atoms with Gasteiger partial charge in [0.15, 0.2) is 11.0 Å². The predicted octanol–water partition coefficient (Wildman–Crippen LogP) is 13.9. The number of methoxy groups -OCH3 is 2. The summed E-state index contributed by atoms with van der Waals surface area (Å²) in [5.74, 6) is 3.46. The molecule has 1 aliphatic carbocycles. The number of allylic oxidation sites excluding steroid dienone is 4. The van der Waals surface area contributed by atoms with Crippen molar-refractivity contribution >= 4 is 91.8 Å². The van der Waals surface area contributed by atoms with Gasteiger partial charge in [0, 0.05) is 37.5 Å². The first-order valence-electron chi connectivity index (χ1n) is 17.0. The van der Waals surface area contributed by atoms with Gasteiger partial charge in [0.25, 0.3) is 0 Å². The Bertz CT molecular complexity index is 2330. The zero-order valence-corrected chi connectivity index (χ0v) is 36.3. The molecule has 0 spiro atoms. The van der Waals surface area contributed by atoms with Gasteiger partial charge in [-0.05, 0) is 87.0 Å². The average Bonchev–Trinajstić information content (AvgIpc) is 4.07. The SMILES string of the molecule is COc1ccccc1-n1c(SCc2ccc(Cl)cc2)nnc1-c1cccs1.COc1ccccc1C1C(S)=CC=C1c1cccs1.Clc1ccc(CBr)cc1. The molecule has 1 atom stereocenters. The first kappa shape index (κ1) is 40.9. The first-order valence-corrected chi connectivity index (χ1v) is 22.0. The minimum absolute atomic E-state index is 0.179. The van der Waals surface area contributed by atoms with E-state index in [1.807, 2.05) is 109 Å². The molecule has 5 nitrogen and oxygen atoms in total. The Hall–Kier alpha value is -3.74. The van der Waals surface area contributed by atoms with E-state index in [1.165, 1.54) is 27.1 Å². The number of benzene rings is 4. The van der Waals surface area contributed by atoms with Gasteiger partial charge < -0.3 is 9.47 Å². The number of ether oxygens (including phenoxy) is 2. The second-order valence-electron chi connectivity index (χ2n) is 11.8. The van der Waals surface area contributed by atoms with Crippen LogP contribution in [0.5, 0.6) is 11.5 Å². The van der Waals surface area contributed by atoms with E-state index in [2.05, 4.69) is 79.1 Å². The molecular formula is C43H36BrCl2N3O2S4. The first-order chi connectivity index (χ1) is 26.9. The number of alkyl halides is 1. The normalized spacial score (nSPS) is 13.2. The highest BCUT2D eigenvalue weighted by Crippen LogP contribution is 2.47. The lowest BCUT2D eigenvalue weighted by Crippen LogP contribution is -2.01. The van der Waals surface area contributed by atoms with E-state index >= 15 is 0 Å². The summed E-state index contributed by atoms with van der Waals surface area (Å²) in [7, 11) is 3.39. The molecule has 0 fully saturated rings. The van der Waals surface area contributed by atoms with E-state index in [0.29, 0.717) is 0 Å². The molecule has 55 heavy (non-hydrogen) atoms. The molecule has 8 rings (SSSR count). The molecule has 0 bridgehead atoms. The van der Waals surface area contributed by atoms with Gasteiger partial charge >= 0.3 is 0 Å². The average molecular weight is 906 g/mol. The topological polar surface area (TPSA) is 49.2 Å². The quantitative estimate of drug-likeness (QED) is 0.0842. The van der Waals surface area contributed by atoms with Crippen LogP contribution in [0.25, 0.3) is 22.0 Å². The van der Waals surface area contributed by atoms with Gasteiger partial charge in [-0.1, -0.05) is 130 Å². The molecule has 1 aliphatic rings. The van der Waals surface area contributed by atoms with Crippen molar-refractivity contribution in [1.29, 1.82) is 0 Å². The number of rotatable bonds is 10. The van der Waals surface area contributed by atoms with Crippen molar-refractivity contribution in [1.82, 2.24) is 14.8 Å². The van der Waals surface area contributed by atoms with Crippen molar-refractivity contribution in [2.24, 2.45) is 0 Å². The largest absolute Gasteiger partial charge is 0.496 e. The van der Waals surface area contributed by atoms with Gasteiger partial charge in [-0.3, -0.25) is 4.57 Å². The molecule has 3 heterocycles. The van der Waals surface area contributed by atoms with Gasteiger partial charge in [-0.25, -0.2) is 0 Å². The van der Waals surface area contributed by atoms with Crippen LogP contribution >= 0.6 is 86.2 Å². The van der Waals surface area contributed by atoms with Crippen LogP contribution < -0.4 is 9.47 Å². The Morgan fingerprint density at radius 3 is 1.93 bits per heavy atom. The van der Waals surface area contributed by atoms with Gasteiger partial charge in [-0.2, -0.15) is 0 Å². The molecule has 0 saturated heterocycles. The van der Waals surface area contributed by atoms with E-state index in [4.69, 9.17) is 32.7 Å². The van der Waals surface area contributed by atoms with Crippen LogP contribution in [0.15, 0.2) is 154 Å². The van der Waals surface area contributed by atoms with Crippen LogP contribution in [0.2, 0.25) is 10.0 Å². The third-order valence-electron chi connectivity index (χ3n) is 8.35. The molecule has 0 aliphatic heterocycles. The van der Waals surface area contributed by atoms with E-state index < -0.39 is 0 Å². The fourth-order valence-corrected chi connectivity index (χ4v) is 9.05. The molecule has 12 heteroatoms. The van der Waals surface area contributed by atoms with Crippen LogP contribution in [-0.2, 0) is 11.1 Å². The monoisotopic (exact) mass is 903 g/mol. The number of halogens is 3. The van der Waals surface area contributed by atoms with Crippen molar-refractivity contribution < 1.29 is 9.47 Å². The summed E-state index contributed by atoms with van der Waals surface area (Å²) in [5, 5.41) is 16.3. The Morgan fingerprint density at radius 1 is 0.709 bits per heavy atom. The lowest BCUT2D eigenvalue weighted by molar-refractivity contribution is 0.410. The maximum Gasteiger partial charge on any atom is 0.196 e. The summed E-state index contributed by atoms with van der Waals surface area (Å²) >= 11 is 24.6. The van der Waals surface area contributed by atoms with E-state index in [0.717, 1.165) is 59.1 Å². The van der Waals surface area contributed by atoms with Crippen molar-refractivity contribution in [3.63, 3.8) is 0 Å². The third kappa shape index (κ3) is 10.6. The molecule has 3 aromatic heterocycles. The Morgan fingerprint density at radius 2 is 1.31 bits per heavy atom. The fourth-order valence-electron chi connectivity index (χ4n) is 5.69. The number of aromatic nitrogens is 3. The third-order valence-corrected chi connectivity index (χ3v) is 12.7. The highest BCUT2D eigenvalue weighted by atomic mass is 79.9. The van der Waals surface area contributed by atoms with Crippen molar-refractivity contribution in [2.45, 2.75) is 22.2 Å². The standard InChI is InChI=1S/C20H16ClN3OS2.C16H14OS2.C7H6BrCl/c1-25-17-6-3-2-5-16(17)24-19(18-7-4-12-26-18)22-23-20(24)27-13-14-8-10-15(21)11-9-14;1-17-13-6-3-2-5-11(13)16-12(8-9-14(16)18)15-7-4-10-19-15;8-5-6-1-3-7(9)4-2-6/h2-12H,13H2,1H3;2-10,16,18H,1H3;1-4H,5H2. The van der Waals surface area contributed by atoms with Crippen LogP contribution in [0.1, 0.15) is 27.5 Å². The van der Waals surface area contributed by atoms with Gasteiger partial charge in [-0.15, -0.1) is 45.5 Å². The predicted molar refractivity (Wildman–Crippen MR) is 241 cm³/mol.